The molecule has 0 radical (unpaired) electrons. The standard InChI is InChI=1S/C15H23NO/c1-17-15-10-8-13(9-11-15)5-4-7-14-6-2-3-12-16-14/h8-11,14,16H,2-7,12H2,1H3. The zero-order valence-electron chi connectivity index (χ0n) is 10.7. The van der Waals surface area contributed by atoms with Crippen LogP contribution in [0.4, 0.5) is 0 Å². The Morgan fingerprint density at radius 2 is 2.06 bits per heavy atom. The average Bonchev–Trinajstić information content (AvgIpc) is 2.41. The fourth-order valence-electron chi connectivity index (χ4n) is 2.52. The molecule has 1 N–H and O–H groups in total. The van der Waals surface area contributed by atoms with Crippen LogP contribution in [-0.4, -0.2) is 19.7 Å². The molecule has 0 saturated carbocycles. The van der Waals surface area contributed by atoms with Gasteiger partial charge < -0.3 is 10.1 Å². The second-order valence-corrected chi connectivity index (χ2v) is 4.89. The van der Waals surface area contributed by atoms with E-state index in [1.54, 1.807) is 7.11 Å². The first-order valence-corrected chi connectivity index (χ1v) is 6.75. The molecule has 94 valence electrons. The summed E-state index contributed by atoms with van der Waals surface area (Å²) in [5, 5.41) is 3.60. The van der Waals surface area contributed by atoms with Crippen LogP contribution in [0.5, 0.6) is 5.75 Å². The summed E-state index contributed by atoms with van der Waals surface area (Å²) in [7, 11) is 1.71. The molecule has 1 aliphatic rings. The monoisotopic (exact) mass is 233 g/mol. The first-order valence-electron chi connectivity index (χ1n) is 6.75. The van der Waals surface area contributed by atoms with Gasteiger partial charge in [0.2, 0.25) is 0 Å². The van der Waals surface area contributed by atoms with Gasteiger partial charge in [0.15, 0.2) is 0 Å². The first kappa shape index (κ1) is 12.4. The summed E-state index contributed by atoms with van der Waals surface area (Å²) in [6.45, 7) is 1.22. The molecule has 1 fully saturated rings. The average molecular weight is 233 g/mol. The van der Waals surface area contributed by atoms with E-state index in [9.17, 15) is 0 Å². The van der Waals surface area contributed by atoms with Crippen molar-refractivity contribution >= 4 is 0 Å². The third-order valence-corrected chi connectivity index (χ3v) is 3.59. The third kappa shape index (κ3) is 4.04. The van der Waals surface area contributed by atoms with E-state index in [0.717, 1.165) is 11.8 Å². The number of hydrogen-bond donors (Lipinski definition) is 1. The predicted octanol–water partition coefficient (Wildman–Crippen LogP) is 3.16. The van der Waals surface area contributed by atoms with Crippen molar-refractivity contribution in [1.82, 2.24) is 5.32 Å². The molecule has 1 aromatic carbocycles. The summed E-state index contributed by atoms with van der Waals surface area (Å²) in [6, 6.07) is 9.21. The summed E-state index contributed by atoms with van der Waals surface area (Å²) in [5.41, 5.74) is 1.42. The molecular formula is C15H23NO. The molecule has 2 nitrogen and oxygen atoms in total. The lowest BCUT2D eigenvalue weighted by atomic mass is 9.98. The zero-order valence-corrected chi connectivity index (χ0v) is 10.7. The summed E-state index contributed by atoms with van der Waals surface area (Å²) < 4.78 is 5.16. The van der Waals surface area contributed by atoms with Crippen LogP contribution in [0.2, 0.25) is 0 Å². The summed E-state index contributed by atoms with van der Waals surface area (Å²) in [4.78, 5) is 0. The maximum atomic E-state index is 5.16. The lowest BCUT2D eigenvalue weighted by Gasteiger charge is -2.23. The number of nitrogens with one attached hydrogen (secondary N) is 1. The highest BCUT2D eigenvalue weighted by atomic mass is 16.5. The molecule has 0 aromatic heterocycles. The number of hydrogen-bond acceptors (Lipinski definition) is 2. The van der Waals surface area contributed by atoms with Gasteiger partial charge in [0, 0.05) is 6.04 Å². The molecule has 0 spiro atoms. The van der Waals surface area contributed by atoms with Crippen molar-refractivity contribution in [2.75, 3.05) is 13.7 Å². The van der Waals surface area contributed by atoms with Gasteiger partial charge in [-0.2, -0.15) is 0 Å². The summed E-state index contributed by atoms with van der Waals surface area (Å²) in [6.07, 6.45) is 7.90. The van der Waals surface area contributed by atoms with E-state index in [-0.39, 0.29) is 0 Å². The van der Waals surface area contributed by atoms with Crippen molar-refractivity contribution in [1.29, 1.82) is 0 Å². The quantitative estimate of drug-likeness (QED) is 0.843. The van der Waals surface area contributed by atoms with E-state index in [4.69, 9.17) is 4.74 Å². The van der Waals surface area contributed by atoms with Gasteiger partial charge in [-0.1, -0.05) is 18.6 Å². The van der Waals surface area contributed by atoms with Crippen LogP contribution in [0.1, 0.15) is 37.7 Å². The minimum atomic E-state index is 0.766. The SMILES string of the molecule is COc1ccc(CCCC2CCCCN2)cc1. The van der Waals surface area contributed by atoms with Crippen molar-refractivity contribution in [3.8, 4) is 5.75 Å². The second-order valence-electron chi connectivity index (χ2n) is 4.89. The smallest absolute Gasteiger partial charge is 0.118 e. The van der Waals surface area contributed by atoms with Crippen LogP contribution in [0, 0.1) is 0 Å². The Balaban J connectivity index is 1.69. The highest BCUT2D eigenvalue weighted by Gasteiger charge is 2.11. The predicted molar refractivity (Wildman–Crippen MR) is 71.6 cm³/mol. The van der Waals surface area contributed by atoms with Crippen LogP contribution in [0.15, 0.2) is 24.3 Å². The van der Waals surface area contributed by atoms with Crippen LogP contribution in [0.3, 0.4) is 0 Å². The minimum Gasteiger partial charge on any atom is -0.497 e. The van der Waals surface area contributed by atoms with Crippen molar-refractivity contribution in [2.24, 2.45) is 0 Å². The highest BCUT2D eigenvalue weighted by molar-refractivity contribution is 5.27. The zero-order chi connectivity index (χ0) is 11.9. The molecule has 1 aliphatic heterocycles. The third-order valence-electron chi connectivity index (χ3n) is 3.59. The molecule has 0 aliphatic carbocycles. The maximum Gasteiger partial charge on any atom is 0.118 e. The first-order chi connectivity index (χ1) is 8.38. The molecule has 1 aromatic rings. The molecule has 1 atom stereocenters. The molecule has 0 amide bonds. The normalized spacial score (nSPS) is 20.2. The van der Waals surface area contributed by atoms with Gasteiger partial charge in [-0.05, 0) is 56.3 Å². The fraction of sp³-hybridized carbons (Fsp3) is 0.600. The number of benzene rings is 1. The van der Waals surface area contributed by atoms with E-state index in [1.807, 2.05) is 12.1 Å². The number of piperidine rings is 1. The van der Waals surface area contributed by atoms with E-state index >= 15 is 0 Å². The second kappa shape index (κ2) is 6.65. The maximum absolute atomic E-state index is 5.16. The Kier molecular flexibility index (Phi) is 4.87. The minimum absolute atomic E-state index is 0.766. The molecule has 2 rings (SSSR count). The van der Waals surface area contributed by atoms with Crippen LogP contribution < -0.4 is 10.1 Å². The summed E-state index contributed by atoms with van der Waals surface area (Å²) in [5.74, 6) is 0.947. The largest absolute Gasteiger partial charge is 0.497 e. The summed E-state index contributed by atoms with van der Waals surface area (Å²) >= 11 is 0. The Morgan fingerprint density at radius 1 is 1.24 bits per heavy atom. The van der Waals surface area contributed by atoms with Gasteiger partial charge in [0.1, 0.15) is 5.75 Å². The van der Waals surface area contributed by atoms with Gasteiger partial charge in [-0.3, -0.25) is 0 Å². The number of methoxy groups -OCH3 is 1. The van der Waals surface area contributed by atoms with Crippen LogP contribution in [-0.2, 0) is 6.42 Å². The van der Waals surface area contributed by atoms with Gasteiger partial charge in [0.05, 0.1) is 7.11 Å². The van der Waals surface area contributed by atoms with Gasteiger partial charge in [0.25, 0.3) is 0 Å². The van der Waals surface area contributed by atoms with Crippen molar-refractivity contribution in [3.05, 3.63) is 29.8 Å². The van der Waals surface area contributed by atoms with Gasteiger partial charge in [-0.15, -0.1) is 0 Å². The van der Waals surface area contributed by atoms with Crippen LogP contribution in [0.25, 0.3) is 0 Å². The molecule has 1 heterocycles. The Labute approximate surface area is 104 Å². The molecule has 2 heteroatoms. The van der Waals surface area contributed by atoms with Crippen LogP contribution >= 0.6 is 0 Å². The molecule has 0 bridgehead atoms. The van der Waals surface area contributed by atoms with Crippen molar-refractivity contribution in [2.45, 2.75) is 44.6 Å². The van der Waals surface area contributed by atoms with E-state index < -0.39 is 0 Å². The van der Waals surface area contributed by atoms with E-state index in [0.29, 0.717) is 0 Å². The molecule has 17 heavy (non-hydrogen) atoms. The lowest BCUT2D eigenvalue weighted by molar-refractivity contribution is 0.376. The van der Waals surface area contributed by atoms with E-state index in [2.05, 4.69) is 17.4 Å². The fourth-order valence-corrected chi connectivity index (χ4v) is 2.52. The van der Waals surface area contributed by atoms with Gasteiger partial charge >= 0.3 is 0 Å². The van der Waals surface area contributed by atoms with Crippen molar-refractivity contribution < 1.29 is 4.74 Å². The topological polar surface area (TPSA) is 21.3 Å². The Bertz CT molecular complexity index is 314. The van der Waals surface area contributed by atoms with Gasteiger partial charge in [-0.25, -0.2) is 0 Å². The van der Waals surface area contributed by atoms with E-state index in [1.165, 1.54) is 50.6 Å². The Hall–Kier alpha value is -1.02. The molecule has 1 unspecified atom stereocenters. The molecular weight excluding hydrogens is 210 g/mol. The van der Waals surface area contributed by atoms with Crippen molar-refractivity contribution in [3.63, 3.8) is 0 Å². The number of rotatable bonds is 5. The Morgan fingerprint density at radius 3 is 2.71 bits per heavy atom. The lowest BCUT2D eigenvalue weighted by Crippen LogP contribution is -2.33. The number of ether oxygens (including phenoxy) is 1. The highest BCUT2D eigenvalue weighted by Crippen LogP contribution is 2.16. The molecule has 1 saturated heterocycles. The number of aryl methyl sites for hydroxylation is 1.